The third-order valence-corrected chi connectivity index (χ3v) is 5.16. The molecule has 2 heterocycles. The predicted molar refractivity (Wildman–Crippen MR) is 92.4 cm³/mol. The maximum Gasteiger partial charge on any atom is 0.198 e. The minimum absolute atomic E-state index is 0.0255. The lowest BCUT2D eigenvalue weighted by molar-refractivity contribution is 0.101. The SMILES string of the molecule is CCOP(COC1C=CC(n2cnc3c(N)ncnc32)C1)OCC. The Bertz CT molecular complexity index is 701. The molecule has 0 aromatic carbocycles. The van der Waals surface area contributed by atoms with Crippen LogP contribution in [-0.4, -0.2) is 45.2 Å². The van der Waals surface area contributed by atoms with E-state index in [1.807, 2.05) is 18.4 Å². The van der Waals surface area contributed by atoms with E-state index in [1.165, 1.54) is 6.33 Å². The third kappa shape index (κ3) is 3.72. The summed E-state index contributed by atoms with van der Waals surface area (Å²) in [5.74, 6) is 0.396. The molecule has 130 valence electrons. The fourth-order valence-electron chi connectivity index (χ4n) is 2.65. The van der Waals surface area contributed by atoms with Gasteiger partial charge in [0.2, 0.25) is 0 Å². The number of rotatable bonds is 8. The van der Waals surface area contributed by atoms with Gasteiger partial charge in [-0.25, -0.2) is 15.0 Å². The van der Waals surface area contributed by atoms with Crippen molar-refractivity contribution in [2.75, 3.05) is 25.3 Å². The standard InChI is InChI=1S/C15H22N5O3P/c1-3-22-24(23-4-2)10-21-12-6-5-11(7-12)20-9-19-13-14(16)17-8-18-15(13)20/h5-6,8-9,11-12H,3-4,7,10H2,1-2H3,(H2,16,17,18). The molecule has 2 aromatic rings. The Balaban J connectivity index is 1.61. The summed E-state index contributed by atoms with van der Waals surface area (Å²) in [6.07, 6.45) is 8.69. The number of anilines is 1. The molecule has 1 aliphatic rings. The largest absolute Gasteiger partial charge is 0.382 e. The Morgan fingerprint density at radius 3 is 2.75 bits per heavy atom. The predicted octanol–water partition coefficient (Wildman–Crippen LogP) is 2.64. The summed E-state index contributed by atoms with van der Waals surface area (Å²) >= 11 is 0. The van der Waals surface area contributed by atoms with Crippen molar-refractivity contribution in [2.24, 2.45) is 0 Å². The Kier molecular flexibility index (Phi) is 5.73. The molecule has 0 saturated heterocycles. The van der Waals surface area contributed by atoms with Crippen LogP contribution in [0.2, 0.25) is 0 Å². The van der Waals surface area contributed by atoms with Crippen LogP contribution in [0.15, 0.2) is 24.8 Å². The second-order valence-corrected chi connectivity index (χ2v) is 6.71. The van der Waals surface area contributed by atoms with E-state index in [1.54, 1.807) is 6.33 Å². The van der Waals surface area contributed by atoms with E-state index in [0.29, 0.717) is 30.9 Å². The van der Waals surface area contributed by atoms with Crippen LogP contribution in [0.5, 0.6) is 0 Å². The highest BCUT2D eigenvalue weighted by Gasteiger charge is 2.24. The second-order valence-electron chi connectivity index (χ2n) is 5.27. The molecule has 9 heteroatoms. The van der Waals surface area contributed by atoms with E-state index >= 15 is 0 Å². The second kappa shape index (κ2) is 7.98. The van der Waals surface area contributed by atoms with E-state index < -0.39 is 8.38 Å². The van der Waals surface area contributed by atoms with Gasteiger partial charge >= 0.3 is 0 Å². The van der Waals surface area contributed by atoms with Gasteiger partial charge in [-0.3, -0.25) is 0 Å². The zero-order chi connectivity index (χ0) is 16.9. The Morgan fingerprint density at radius 1 is 1.21 bits per heavy atom. The number of imidazole rings is 1. The average molecular weight is 351 g/mol. The molecule has 24 heavy (non-hydrogen) atoms. The van der Waals surface area contributed by atoms with Gasteiger partial charge in [-0.1, -0.05) is 12.2 Å². The molecule has 3 rings (SSSR count). The van der Waals surface area contributed by atoms with Crippen LogP contribution in [-0.2, 0) is 13.8 Å². The van der Waals surface area contributed by atoms with E-state index in [4.69, 9.17) is 19.5 Å². The van der Waals surface area contributed by atoms with Crippen molar-refractivity contribution in [3.8, 4) is 0 Å². The van der Waals surface area contributed by atoms with E-state index in [2.05, 4.69) is 27.1 Å². The fraction of sp³-hybridized carbons (Fsp3) is 0.533. The van der Waals surface area contributed by atoms with Gasteiger partial charge in [-0.05, 0) is 13.8 Å². The quantitative estimate of drug-likeness (QED) is 0.577. The summed E-state index contributed by atoms with van der Waals surface area (Å²) in [6.45, 7) is 5.16. The first-order chi connectivity index (χ1) is 11.7. The minimum atomic E-state index is -0.981. The highest BCUT2D eigenvalue weighted by Crippen LogP contribution is 2.39. The van der Waals surface area contributed by atoms with Crippen LogP contribution in [0.1, 0.15) is 26.3 Å². The van der Waals surface area contributed by atoms with Crippen molar-refractivity contribution in [2.45, 2.75) is 32.4 Å². The lowest BCUT2D eigenvalue weighted by Crippen LogP contribution is -2.13. The highest BCUT2D eigenvalue weighted by atomic mass is 31.2. The molecule has 0 fully saturated rings. The number of ether oxygens (including phenoxy) is 1. The summed E-state index contributed by atoms with van der Waals surface area (Å²) in [4.78, 5) is 12.6. The number of nitrogens with two attached hydrogens (primary N) is 1. The first kappa shape index (κ1) is 17.2. The van der Waals surface area contributed by atoms with Crippen molar-refractivity contribution in [3.63, 3.8) is 0 Å². The first-order valence-electron chi connectivity index (χ1n) is 7.99. The molecule has 1 aliphatic carbocycles. The number of nitrogen functional groups attached to an aromatic ring is 1. The van der Waals surface area contributed by atoms with Gasteiger partial charge in [0.15, 0.2) is 19.8 Å². The third-order valence-electron chi connectivity index (χ3n) is 3.71. The van der Waals surface area contributed by atoms with Gasteiger partial charge < -0.3 is 24.1 Å². The topological polar surface area (TPSA) is 97.3 Å². The number of hydrogen-bond donors (Lipinski definition) is 1. The van der Waals surface area contributed by atoms with E-state index in [9.17, 15) is 0 Å². The molecule has 0 bridgehead atoms. The summed E-state index contributed by atoms with van der Waals surface area (Å²) in [7, 11) is -0.981. The van der Waals surface area contributed by atoms with Crippen LogP contribution in [0, 0.1) is 0 Å². The highest BCUT2D eigenvalue weighted by molar-refractivity contribution is 7.47. The maximum atomic E-state index is 5.94. The molecule has 8 nitrogen and oxygen atoms in total. The Hall–Kier alpha value is -1.60. The molecule has 2 N–H and O–H groups in total. The number of aromatic nitrogens is 4. The number of fused-ring (bicyclic) bond motifs is 1. The molecule has 0 amide bonds. The number of allylic oxidation sites excluding steroid dienone is 1. The summed E-state index contributed by atoms with van der Waals surface area (Å²) < 4.78 is 19.1. The molecule has 0 spiro atoms. The van der Waals surface area contributed by atoms with Gasteiger partial charge in [0.25, 0.3) is 0 Å². The minimum Gasteiger partial charge on any atom is -0.382 e. The summed E-state index contributed by atoms with van der Waals surface area (Å²) in [5, 5.41) is 0. The van der Waals surface area contributed by atoms with Crippen LogP contribution < -0.4 is 5.73 Å². The lowest BCUT2D eigenvalue weighted by Gasteiger charge is -2.19. The fourth-order valence-corrected chi connectivity index (χ4v) is 3.76. The molecule has 0 aliphatic heterocycles. The zero-order valence-electron chi connectivity index (χ0n) is 13.8. The Labute approximate surface area is 141 Å². The van der Waals surface area contributed by atoms with Gasteiger partial charge in [0.05, 0.1) is 31.7 Å². The number of hydrogen-bond acceptors (Lipinski definition) is 7. The number of nitrogens with zero attached hydrogens (tertiary/aromatic N) is 4. The van der Waals surface area contributed by atoms with Crippen LogP contribution in [0.25, 0.3) is 11.2 Å². The normalized spacial score (nSPS) is 20.5. The first-order valence-corrected chi connectivity index (χ1v) is 9.35. The zero-order valence-corrected chi connectivity index (χ0v) is 14.7. The molecule has 2 unspecified atom stereocenters. The van der Waals surface area contributed by atoms with E-state index in [0.717, 1.165) is 12.1 Å². The molecule has 2 atom stereocenters. The molecular formula is C15H22N5O3P. The van der Waals surface area contributed by atoms with E-state index in [-0.39, 0.29) is 12.1 Å². The van der Waals surface area contributed by atoms with Crippen molar-refractivity contribution in [1.29, 1.82) is 0 Å². The molecule has 0 radical (unpaired) electrons. The monoisotopic (exact) mass is 351 g/mol. The van der Waals surface area contributed by atoms with Crippen LogP contribution in [0.3, 0.4) is 0 Å². The van der Waals surface area contributed by atoms with Crippen molar-refractivity contribution < 1.29 is 13.8 Å². The smallest absolute Gasteiger partial charge is 0.198 e. The van der Waals surface area contributed by atoms with Crippen LogP contribution in [0.4, 0.5) is 5.82 Å². The van der Waals surface area contributed by atoms with Crippen molar-refractivity contribution >= 4 is 25.4 Å². The molecular weight excluding hydrogens is 329 g/mol. The average Bonchev–Trinajstić information content (AvgIpc) is 3.20. The van der Waals surface area contributed by atoms with Gasteiger partial charge in [-0.2, -0.15) is 0 Å². The van der Waals surface area contributed by atoms with Gasteiger partial charge in [-0.15, -0.1) is 0 Å². The molecule has 0 saturated carbocycles. The maximum absolute atomic E-state index is 5.94. The molecule has 2 aromatic heterocycles. The lowest BCUT2D eigenvalue weighted by atomic mass is 10.2. The van der Waals surface area contributed by atoms with Crippen molar-refractivity contribution in [1.82, 2.24) is 19.5 Å². The Morgan fingerprint density at radius 2 is 2.00 bits per heavy atom. The van der Waals surface area contributed by atoms with Crippen LogP contribution >= 0.6 is 8.38 Å². The van der Waals surface area contributed by atoms with Gasteiger partial charge in [0, 0.05) is 6.42 Å². The van der Waals surface area contributed by atoms with Crippen molar-refractivity contribution in [3.05, 3.63) is 24.8 Å². The summed E-state index contributed by atoms with van der Waals surface area (Å²) in [5.41, 5.74) is 7.21. The van der Waals surface area contributed by atoms with Gasteiger partial charge in [0.1, 0.15) is 18.2 Å². The summed E-state index contributed by atoms with van der Waals surface area (Å²) in [6, 6.07) is 0.139.